The molecule has 1 atom stereocenters. The van der Waals surface area contributed by atoms with Gasteiger partial charge in [-0.2, -0.15) is 0 Å². The van der Waals surface area contributed by atoms with Gasteiger partial charge in [0.25, 0.3) is 17.7 Å². The van der Waals surface area contributed by atoms with Crippen molar-refractivity contribution in [2.24, 2.45) is 11.7 Å². The molecule has 11 aromatic heterocycles. The molecule has 12 heterocycles. The summed E-state index contributed by atoms with van der Waals surface area (Å²) in [5.74, 6) is -3.94. The SMILES string of the molecule is C.C.C.C.CCOC(=O)c1c(Br)ccc2cncn12.CCOC(=O)c1nc(C(=O)N2C(=O)c3ccccc3C2=O)ccc1Br.CCOC(=O)c1nc(CN)ccc1Br.CCOC(=O)c1nc(CNC=O)ccc1Br.O=Cc1c(Br)ccc2cncn12.OC(c1c(Br)ccc2cncn12)C1CCCCC1.OCc1c(Br)ccc2cncn12. The Kier molecular flexibility index (Phi) is 41.7. The number of imidazole rings is 4. The molecule has 14 rings (SSSR count). The largest absolute Gasteiger partial charge is 0.461 e. The number of carbonyl (C=O) groups is 9. The quantitative estimate of drug-likeness (QED) is 0.0285. The zero-order valence-electron chi connectivity index (χ0n) is 60.1. The first kappa shape index (κ1) is 98.9. The zero-order valence-corrected chi connectivity index (χ0v) is 71.2. The predicted molar refractivity (Wildman–Crippen MR) is 463 cm³/mol. The Labute approximate surface area is 728 Å². The Bertz CT molecular complexity index is 5330. The number of hydrogen-bond donors (Lipinski definition) is 4. The van der Waals surface area contributed by atoms with E-state index in [1.165, 1.54) is 43.5 Å². The number of benzene rings is 1. The van der Waals surface area contributed by atoms with Crippen molar-refractivity contribution in [3.63, 3.8) is 0 Å². The highest BCUT2D eigenvalue weighted by atomic mass is 79.9. The molecule has 1 unspecified atom stereocenters. The number of aliphatic hydroxyl groups excluding tert-OH is 2. The van der Waals surface area contributed by atoms with E-state index in [0.29, 0.717) is 84.3 Å². The number of imide groups is 3. The van der Waals surface area contributed by atoms with Crippen molar-refractivity contribution in [1.82, 2.24) is 62.7 Å². The number of fused-ring (bicyclic) bond motifs is 5. The van der Waals surface area contributed by atoms with Gasteiger partial charge in [0.15, 0.2) is 23.4 Å². The van der Waals surface area contributed by atoms with Gasteiger partial charge in [-0.1, -0.05) is 61.1 Å². The van der Waals surface area contributed by atoms with Crippen LogP contribution in [0, 0.1) is 5.92 Å². The van der Waals surface area contributed by atoms with Gasteiger partial charge in [0.1, 0.15) is 17.1 Å². The van der Waals surface area contributed by atoms with E-state index in [1.54, 1.807) is 117 Å². The van der Waals surface area contributed by atoms with Crippen LogP contribution in [0.5, 0.6) is 0 Å². The van der Waals surface area contributed by atoms with E-state index in [2.05, 4.69) is 152 Å². The minimum absolute atomic E-state index is 0. The maximum absolute atomic E-state index is 12.6. The van der Waals surface area contributed by atoms with Gasteiger partial charge >= 0.3 is 23.9 Å². The van der Waals surface area contributed by atoms with E-state index < -0.39 is 41.7 Å². The molecule has 616 valence electrons. The van der Waals surface area contributed by atoms with Gasteiger partial charge in [-0.15, -0.1) is 0 Å². The molecular formula is C80H87Br7N14O15. The molecule has 1 aliphatic carbocycles. The number of aldehydes is 1. The molecule has 2 aliphatic rings. The third kappa shape index (κ3) is 25.3. The third-order valence-electron chi connectivity index (χ3n) is 16.3. The van der Waals surface area contributed by atoms with Crippen molar-refractivity contribution in [1.29, 1.82) is 0 Å². The van der Waals surface area contributed by atoms with Crippen LogP contribution >= 0.6 is 112 Å². The van der Waals surface area contributed by atoms with Crippen molar-refractivity contribution in [2.75, 3.05) is 26.4 Å². The number of amides is 4. The second-order valence-electron chi connectivity index (χ2n) is 23.3. The fourth-order valence-electron chi connectivity index (χ4n) is 11.0. The molecule has 1 fully saturated rings. The lowest BCUT2D eigenvalue weighted by Crippen LogP contribution is -2.36. The maximum atomic E-state index is 12.6. The molecule has 4 amide bonds. The van der Waals surface area contributed by atoms with Gasteiger partial charge in [-0.25, -0.2) is 59.0 Å². The van der Waals surface area contributed by atoms with Crippen LogP contribution in [-0.2, 0) is 43.4 Å². The first-order valence-electron chi connectivity index (χ1n) is 34.2. The Balaban J connectivity index is 0.000000287. The van der Waals surface area contributed by atoms with Gasteiger partial charge in [0, 0.05) is 24.4 Å². The number of pyridine rings is 7. The molecule has 5 N–H and O–H groups in total. The molecule has 36 heteroatoms. The lowest BCUT2D eigenvalue weighted by atomic mass is 9.84. The normalized spacial score (nSPS) is 11.9. The highest BCUT2D eigenvalue weighted by Crippen LogP contribution is 2.38. The average molecular weight is 2040 g/mol. The summed E-state index contributed by atoms with van der Waals surface area (Å²) in [5.41, 5.74) is 13.8. The molecule has 1 saturated carbocycles. The highest BCUT2D eigenvalue weighted by Gasteiger charge is 2.41. The van der Waals surface area contributed by atoms with E-state index in [9.17, 15) is 48.3 Å². The summed E-state index contributed by atoms with van der Waals surface area (Å²) in [6.07, 6.45) is 20.6. The average Bonchev–Trinajstić information content (AvgIpc) is 1.61. The van der Waals surface area contributed by atoms with Gasteiger partial charge in [-0.05, 0) is 255 Å². The molecule has 1 aromatic carbocycles. The second kappa shape index (κ2) is 48.9. The molecule has 0 bridgehead atoms. The van der Waals surface area contributed by atoms with Crippen LogP contribution in [0.3, 0.4) is 0 Å². The van der Waals surface area contributed by atoms with Crippen LogP contribution < -0.4 is 11.1 Å². The fraction of sp³-hybridized carbons (Fsp3) is 0.275. The van der Waals surface area contributed by atoms with E-state index in [0.717, 1.165) is 66.0 Å². The smallest absolute Gasteiger partial charge is 0.358 e. The number of hydrogen-bond acceptors (Lipinski definition) is 23. The number of ether oxygens (including phenoxy) is 4. The van der Waals surface area contributed by atoms with Crippen molar-refractivity contribution >= 4 is 188 Å². The number of esters is 4. The number of carbonyl (C=O) groups excluding carboxylic acids is 9. The first-order valence-corrected chi connectivity index (χ1v) is 39.7. The fourth-order valence-corrected chi connectivity index (χ4v) is 14.0. The molecule has 0 spiro atoms. The maximum Gasteiger partial charge on any atom is 0.358 e. The molecular weight excluding hydrogens is 1960 g/mol. The summed E-state index contributed by atoms with van der Waals surface area (Å²) < 4.78 is 31.7. The van der Waals surface area contributed by atoms with Crippen LogP contribution in [0.25, 0.3) is 22.1 Å². The van der Waals surface area contributed by atoms with E-state index in [4.69, 9.17) is 29.8 Å². The number of nitrogens with one attached hydrogen (secondary N) is 1. The number of aliphatic hydroxyl groups is 2. The Morgan fingerprint density at radius 2 is 0.922 bits per heavy atom. The lowest BCUT2D eigenvalue weighted by Gasteiger charge is -2.27. The van der Waals surface area contributed by atoms with Gasteiger partial charge < -0.3 is 40.2 Å². The summed E-state index contributed by atoms with van der Waals surface area (Å²) in [7, 11) is 0. The number of nitrogens with two attached hydrogens (primary N) is 1. The number of nitrogens with zero attached hydrogens (tertiary/aromatic N) is 12. The van der Waals surface area contributed by atoms with Crippen molar-refractivity contribution in [3.8, 4) is 0 Å². The van der Waals surface area contributed by atoms with E-state index >= 15 is 0 Å². The van der Waals surface area contributed by atoms with Crippen LogP contribution in [0.15, 0.2) is 191 Å². The Morgan fingerprint density at radius 1 is 0.509 bits per heavy atom. The Hall–Kier alpha value is -9.50. The summed E-state index contributed by atoms with van der Waals surface area (Å²) in [6, 6.07) is 31.1. The number of rotatable bonds is 17. The standard InChI is InChI=1S/C17H11BrN2O5.C14H17BrN2O.C10H11BrN2O3.C10H9BrN2O2.C9H11BrN2O2.C8H7BrN2O.C8H5BrN2O.4CH4/c1-2-25-17(24)13-11(18)7-8-12(19-13)16(23)20-14(21)9-5-3-4-6-10(9)15(20)22;15-12-7-6-11-8-16-9-17(11)13(12)14(18)10-4-2-1-3-5-10;1-2-16-10(15)9-8(11)4-3-7(13-9)5-12-6-14;1-2-15-10(14)9-8(11)4-3-7-5-12-6-13(7)9;1-2-14-9(13)8-7(10)4-3-6(5-11)12-8;2*9-7-2-1-6-3-10-5-11(6)8(7)4-12;;;;/h3-8H,2H2,1H3;6-10,14,18H,1-5H2;3-4,6H,2,5H2,1H3,(H,12,14);3-6H,2H2,1H3;3-4H,2,5,11H2,1H3;1-3,5,12H,4H2;1-5H;4*1H4. The molecule has 0 radical (unpaired) electrons. The lowest BCUT2D eigenvalue weighted by molar-refractivity contribution is -0.109. The molecule has 29 nitrogen and oxygen atoms in total. The van der Waals surface area contributed by atoms with Gasteiger partial charge in [-0.3, -0.25) is 41.6 Å². The number of halogens is 7. The predicted octanol–water partition coefficient (Wildman–Crippen LogP) is 17.2. The van der Waals surface area contributed by atoms with Crippen LogP contribution in [-0.4, -0.2) is 148 Å². The summed E-state index contributed by atoms with van der Waals surface area (Å²) in [5, 5.41) is 22.2. The molecule has 116 heavy (non-hydrogen) atoms. The minimum Gasteiger partial charge on any atom is -0.461 e. The first-order chi connectivity index (χ1) is 54.0. The van der Waals surface area contributed by atoms with Crippen molar-refractivity contribution < 1.29 is 72.3 Å². The van der Waals surface area contributed by atoms with Gasteiger partial charge in [0.2, 0.25) is 6.41 Å². The monoisotopic (exact) mass is 2040 g/mol. The molecule has 1 aliphatic heterocycles. The minimum atomic E-state index is -0.899. The molecule has 12 aromatic rings. The van der Waals surface area contributed by atoms with Crippen molar-refractivity contribution in [2.45, 2.75) is 115 Å². The summed E-state index contributed by atoms with van der Waals surface area (Å²) in [4.78, 5) is 133. The zero-order chi connectivity index (χ0) is 81.1. The van der Waals surface area contributed by atoms with E-state index in [-0.39, 0.29) is 89.3 Å². The van der Waals surface area contributed by atoms with E-state index in [1.807, 2.05) is 63.5 Å². The van der Waals surface area contributed by atoms with Crippen LogP contribution in [0.2, 0.25) is 0 Å². The Morgan fingerprint density at radius 3 is 1.42 bits per heavy atom. The topological polar surface area (TPSA) is 380 Å². The second-order valence-corrected chi connectivity index (χ2v) is 29.3. The highest BCUT2D eigenvalue weighted by molar-refractivity contribution is 9.11. The third-order valence-corrected chi connectivity index (χ3v) is 20.9. The molecule has 0 saturated heterocycles. The van der Waals surface area contributed by atoms with Crippen LogP contribution in [0.1, 0.15) is 202 Å². The van der Waals surface area contributed by atoms with Crippen LogP contribution in [0.4, 0.5) is 0 Å². The van der Waals surface area contributed by atoms with Gasteiger partial charge in [0.05, 0.1) is 165 Å². The number of aromatic nitrogens is 11. The summed E-state index contributed by atoms with van der Waals surface area (Å²) >= 11 is 23.1. The van der Waals surface area contributed by atoms with Crippen molar-refractivity contribution in [3.05, 3.63) is 259 Å². The summed E-state index contributed by atoms with van der Waals surface area (Å²) in [6.45, 7) is 8.61.